The van der Waals surface area contributed by atoms with Gasteiger partial charge >= 0.3 is 0 Å². The van der Waals surface area contributed by atoms with Crippen LogP contribution >= 0.6 is 0 Å². The summed E-state index contributed by atoms with van der Waals surface area (Å²) in [6.45, 7) is 4.40. The third-order valence-electron chi connectivity index (χ3n) is 5.74. The lowest BCUT2D eigenvalue weighted by Crippen LogP contribution is -2.12. The number of benzene rings is 1. The smallest absolute Gasteiger partial charge is 0.159 e. The van der Waals surface area contributed by atoms with E-state index in [0.717, 1.165) is 49.7 Å². The Hall–Kier alpha value is -2.04. The number of aryl methyl sites for hydroxylation is 1. The number of ether oxygens (including phenoxy) is 1. The molecule has 0 fully saturated rings. The average Bonchev–Trinajstić information content (AvgIpc) is 2.82. The third kappa shape index (κ3) is 10.5. The van der Waals surface area contributed by atoms with Crippen molar-refractivity contribution in [2.45, 2.75) is 103 Å². The molecular weight excluding hydrogens is 406 g/mol. The number of hydrogen-bond acceptors (Lipinski definition) is 3. The van der Waals surface area contributed by atoms with Crippen molar-refractivity contribution in [3.8, 4) is 17.1 Å². The Labute approximate surface area is 193 Å². The Morgan fingerprint density at radius 2 is 1.34 bits per heavy atom. The first kappa shape index (κ1) is 26.2. The normalized spacial score (nSPS) is 13.1. The van der Waals surface area contributed by atoms with Gasteiger partial charge in [0.1, 0.15) is 24.7 Å². The highest BCUT2D eigenvalue weighted by Crippen LogP contribution is 2.21. The molecular formula is C27H40F2N2O. The zero-order valence-corrected chi connectivity index (χ0v) is 19.9. The van der Waals surface area contributed by atoms with E-state index in [2.05, 4.69) is 23.8 Å². The molecule has 3 nitrogen and oxygen atoms in total. The quantitative estimate of drug-likeness (QED) is 0.230. The average molecular weight is 447 g/mol. The molecule has 2 atom stereocenters. The first-order chi connectivity index (χ1) is 15.6. The van der Waals surface area contributed by atoms with E-state index >= 15 is 0 Å². The summed E-state index contributed by atoms with van der Waals surface area (Å²) in [5, 5.41) is 0. The van der Waals surface area contributed by atoms with Gasteiger partial charge < -0.3 is 4.74 Å². The van der Waals surface area contributed by atoms with Crippen LogP contribution in [0.4, 0.5) is 8.78 Å². The van der Waals surface area contributed by atoms with Gasteiger partial charge in [-0.15, -0.1) is 0 Å². The molecule has 0 aliphatic carbocycles. The Bertz CT molecular complexity index is 658. The summed E-state index contributed by atoms with van der Waals surface area (Å²) in [6, 6.07) is 7.41. The lowest BCUT2D eigenvalue weighted by molar-refractivity contribution is 0.184. The van der Waals surface area contributed by atoms with Crippen molar-refractivity contribution in [2.75, 3.05) is 6.61 Å². The lowest BCUT2D eigenvalue weighted by atomic mass is 10.0. The van der Waals surface area contributed by atoms with Crippen LogP contribution in [0.25, 0.3) is 11.4 Å². The van der Waals surface area contributed by atoms with E-state index in [1.54, 1.807) is 12.4 Å². The molecule has 1 aromatic carbocycles. The van der Waals surface area contributed by atoms with Crippen LogP contribution in [0.5, 0.6) is 5.75 Å². The maximum Gasteiger partial charge on any atom is 0.159 e. The molecule has 0 bridgehead atoms. The third-order valence-corrected chi connectivity index (χ3v) is 5.74. The second-order valence-electron chi connectivity index (χ2n) is 8.68. The highest BCUT2D eigenvalue weighted by Gasteiger charge is 2.09. The fourth-order valence-electron chi connectivity index (χ4n) is 3.66. The first-order valence-electron chi connectivity index (χ1n) is 12.4. The predicted octanol–water partition coefficient (Wildman–Crippen LogP) is 8.07. The van der Waals surface area contributed by atoms with Crippen molar-refractivity contribution >= 4 is 0 Å². The van der Waals surface area contributed by atoms with E-state index in [4.69, 9.17) is 4.74 Å². The largest absolute Gasteiger partial charge is 0.491 e. The molecule has 0 unspecified atom stereocenters. The Morgan fingerprint density at radius 1 is 0.750 bits per heavy atom. The standard InChI is InChI=1S/C27H40F2N2O/c1-3-5-7-9-11-24(28)16-13-22-19-30-27(31-20-22)23-14-17-26(18-15-23)32-21-25(29)12-10-8-6-4-2/h14-15,17-20,24-25H,3-13,16,21H2,1-2H3/t24-,25-/m0/s1. The van der Waals surface area contributed by atoms with E-state index < -0.39 is 12.3 Å². The van der Waals surface area contributed by atoms with Gasteiger partial charge in [-0.25, -0.2) is 18.7 Å². The number of hydrogen-bond donors (Lipinski definition) is 0. The van der Waals surface area contributed by atoms with Crippen LogP contribution in [-0.4, -0.2) is 28.9 Å². The molecule has 0 spiro atoms. The molecule has 5 heteroatoms. The van der Waals surface area contributed by atoms with Gasteiger partial charge in [-0.3, -0.25) is 0 Å². The first-order valence-corrected chi connectivity index (χ1v) is 12.4. The van der Waals surface area contributed by atoms with Crippen LogP contribution in [0.3, 0.4) is 0 Å². The number of nitrogens with zero attached hydrogens (tertiary/aromatic N) is 2. The number of alkyl halides is 2. The molecule has 0 N–H and O–H groups in total. The minimum absolute atomic E-state index is 0.0881. The van der Waals surface area contributed by atoms with Crippen LogP contribution in [-0.2, 0) is 6.42 Å². The summed E-state index contributed by atoms with van der Waals surface area (Å²) in [5.41, 5.74) is 1.83. The Balaban J connectivity index is 1.73. The van der Waals surface area contributed by atoms with Crippen LogP contribution in [0, 0.1) is 0 Å². The van der Waals surface area contributed by atoms with Crippen molar-refractivity contribution in [3.63, 3.8) is 0 Å². The van der Waals surface area contributed by atoms with Gasteiger partial charge in [0.25, 0.3) is 0 Å². The van der Waals surface area contributed by atoms with E-state index in [0.29, 0.717) is 37.3 Å². The number of rotatable bonds is 17. The van der Waals surface area contributed by atoms with Gasteiger partial charge in [-0.2, -0.15) is 0 Å². The maximum absolute atomic E-state index is 14.0. The summed E-state index contributed by atoms with van der Waals surface area (Å²) in [7, 11) is 0. The summed E-state index contributed by atoms with van der Waals surface area (Å²) >= 11 is 0. The van der Waals surface area contributed by atoms with Crippen LogP contribution < -0.4 is 4.74 Å². The van der Waals surface area contributed by atoms with Crippen molar-refractivity contribution in [1.82, 2.24) is 9.97 Å². The van der Waals surface area contributed by atoms with E-state index in [9.17, 15) is 8.78 Å². The van der Waals surface area contributed by atoms with Gasteiger partial charge in [0, 0.05) is 18.0 Å². The summed E-state index contributed by atoms with van der Waals surface area (Å²) in [4.78, 5) is 8.86. The molecule has 0 amide bonds. The minimum Gasteiger partial charge on any atom is -0.491 e. The van der Waals surface area contributed by atoms with Gasteiger partial charge in [0.15, 0.2) is 5.82 Å². The minimum atomic E-state index is -0.928. The predicted molar refractivity (Wildman–Crippen MR) is 129 cm³/mol. The van der Waals surface area contributed by atoms with E-state index in [-0.39, 0.29) is 6.61 Å². The van der Waals surface area contributed by atoms with Gasteiger partial charge in [-0.05, 0) is 55.5 Å². The topological polar surface area (TPSA) is 35.0 Å². The molecule has 1 aromatic heterocycles. The van der Waals surface area contributed by atoms with Crippen molar-refractivity contribution in [3.05, 3.63) is 42.2 Å². The van der Waals surface area contributed by atoms with E-state index in [1.165, 1.54) is 12.8 Å². The Kier molecular flexibility index (Phi) is 12.9. The van der Waals surface area contributed by atoms with Crippen molar-refractivity contribution < 1.29 is 13.5 Å². The van der Waals surface area contributed by atoms with Crippen molar-refractivity contribution in [1.29, 1.82) is 0 Å². The maximum atomic E-state index is 14.0. The van der Waals surface area contributed by atoms with Crippen LogP contribution in [0.15, 0.2) is 36.7 Å². The molecule has 0 aliphatic heterocycles. The highest BCUT2D eigenvalue weighted by molar-refractivity contribution is 5.55. The molecule has 0 saturated heterocycles. The molecule has 2 rings (SSSR count). The molecule has 0 aliphatic rings. The highest BCUT2D eigenvalue weighted by atomic mass is 19.1. The molecule has 1 heterocycles. The number of halogens is 2. The van der Waals surface area contributed by atoms with Crippen LogP contribution in [0.2, 0.25) is 0 Å². The molecule has 2 aromatic rings. The summed E-state index contributed by atoms with van der Waals surface area (Å²) in [6.07, 6.45) is 13.0. The zero-order chi connectivity index (χ0) is 23.0. The molecule has 32 heavy (non-hydrogen) atoms. The summed E-state index contributed by atoms with van der Waals surface area (Å²) < 4.78 is 33.5. The molecule has 178 valence electrons. The van der Waals surface area contributed by atoms with Gasteiger partial charge in [0.05, 0.1) is 0 Å². The number of unbranched alkanes of at least 4 members (excludes halogenated alkanes) is 6. The fraction of sp³-hybridized carbons (Fsp3) is 0.630. The second kappa shape index (κ2) is 15.7. The fourth-order valence-corrected chi connectivity index (χ4v) is 3.66. The molecule has 0 saturated carbocycles. The van der Waals surface area contributed by atoms with Gasteiger partial charge in [0.2, 0.25) is 0 Å². The zero-order valence-electron chi connectivity index (χ0n) is 19.9. The van der Waals surface area contributed by atoms with Crippen LogP contribution in [0.1, 0.15) is 90.0 Å². The molecule has 0 radical (unpaired) electrons. The second-order valence-corrected chi connectivity index (χ2v) is 8.68. The lowest BCUT2D eigenvalue weighted by Gasteiger charge is -2.11. The number of aromatic nitrogens is 2. The summed E-state index contributed by atoms with van der Waals surface area (Å²) in [5.74, 6) is 1.27. The monoisotopic (exact) mass is 446 g/mol. The SMILES string of the molecule is CCCCCC[C@H](F)CCc1cnc(-c2ccc(OC[C@@H](F)CCCCCC)cc2)nc1. The Morgan fingerprint density at radius 3 is 1.94 bits per heavy atom. The van der Waals surface area contributed by atoms with Crippen molar-refractivity contribution in [2.24, 2.45) is 0 Å². The van der Waals surface area contributed by atoms with Gasteiger partial charge in [-0.1, -0.05) is 65.2 Å². The van der Waals surface area contributed by atoms with E-state index in [1.807, 2.05) is 24.3 Å².